The van der Waals surface area contributed by atoms with Crippen LogP contribution >= 0.6 is 22.9 Å². The molecule has 0 fully saturated rings. The highest BCUT2D eigenvalue weighted by molar-refractivity contribution is 7.13. The van der Waals surface area contributed by atoms with Gasteiger partial charge in [0.2, 0.25) is 0 Å². The van der Waals surface area contributed by atoms with E-state index < -0.39 is 12.1 Å². The van der Waals surface area contributed by atoms with Gasteiger partial charge in [0.1, 0.15) is 17.7 Å². The van der Waals surface area contributed by atoms with Crippen LogP contribution in [0.3, 0.4) is 0 Å². The fourth-order valence-electron chi connectivity index (χ4n) is 3.97. The minimum absolute atomic E-state index is 0. The van der Waals surface area contributed by atoms with Crippen molar-refractivity contribution < 1.29 is 13.9 Å². The lowest BCUT2D eigenvalue weighted by molar-refractivity contribution is 0.0881. The minimum atomic E-state index is -0.515. The molecule has 0 radical (unpaired) electrons. The largest absolute Gasteiger partial charge is 0.484 e. The summed E-state index contributed by atoms with van der Waals surface area (Å²) < 4.78 is 21.5. The maximum Gasteiger partial charge on any atom is 0.280 e. The van der Waals surface area contributed by atoms with Gasteiger partial charge in [-0.05, 0) is 74.0 Å². The Morgan fingerprint density at radius 2 is 1.89 bits per heavy atom. The molecule has 5 aromatic rings. The van der Waals surface area contributed by atoms with Crippen LogP contribution < -0.4 is 10.1 Å². The molecular formula is C28H26ClFN4O2S. The summed E-state index contributed by atoms with van der Waals surface area (Å²) in [7, 11) is 0. The number of amides is 1. The third-order valence-corrected chi connectivity index (χ3v) is 6.83. The first kappa shape index (κ1) is 26.3. The van der Waals surface area contributed by atoms with Crippen molar-refractivity contribution in [3.63, 3.8) is 0 Å². The highest BCUT2D eigenvalue weighted by atomic mass is 35.5. The summed E-state index contributed by atoms with van der Waals surface area (Å²) in [4.78, 5) is 17.9. The lowest BCUT2D eigenvalue weighted by Crippen LogP contribution is -2.39. The molecule has 0 unspecified atom stereocenters. The summed E-state index contributed by atoms with van der Waals surface area (Å²) >= 11 is 7.60. The fourth-order valence-corrected chi connectivity index (χ4v) is 4.83. The standard InChI is InChI=1S/C27H22ClFN4O2S.CH4/c1-16-14-30-27(36-16)26(34)32-17(2)25(18-4-3-5-20(28)12-18)35-23-10-11-24-19(13-23)15-31-33(24)22-8-6-21(29)7-9-22;/h3-15,17,25H,1-2H3,(H,32,34);1H4/t17-,25-;/m0./s1. The number of aryl methyl sites for hydroxylation is 1. The van der Waals surface area contributed by atoms with E-state index in [1.807, 2.05) is 50.2 Å². The highest BCUT2D eigenvalue weighted by Crippen LogP contribution is 2.30. The van der Waals surface area contributed by atoms with E-state index in [2.05, 4.69) is 15.4 Å². The van der Waals surface area contributed by atoms with Crippen molar-refractivity contribution >= 4 is 39.7 Å². The molecule has 0 aliphatic carbocycles. The number of rotatable bonds is 7. The van der Waals surface area contributed by atoms with Crippen LogP contribution in [0.5, 0.6) is 5.75 Å². The molecule has 9 heteroatoms. The average Bonchev–Trinajstić information content (AvgIpc) is 3.49. The number of ether oxygens (including phenoxy) is 1. The number of thiazole rings is 1. The van der Waals surface area contributed by atoms with Gasteiger partial charge in [-0.1, -0.05) is 31.2 Å². The Hall–Kier alpha value is -3.75. The van der Waals surface area contributed by atoms with Crippen molar-refractivity contribution in [2.24, 2.45) is 0 Å². The molecule has 0 spiro atoms. The van der Waals surface area contributed by atoms with Gasteiger partial charge in [0.15, 0.2) is 5.01 Å². The van der Waals surface area contributed by atoms with E-state index >= 15 is 0 Å². The number of aromatic nitrogens is 3. The number of carbonyl (C=O) groups excluding carboxylic acids is 1. The third kappa shape index (κ3) is 5.81. The average molecular weight is 537 g/mol. The van der Waals surface area contributed by atoms with Gasteiger partial charge in [0, 0.05) is 21.5 Å². The van der Waals surface area contributed by atoms with Crippen LogP contribution in [0.1, 0.15) is 40.7 Å². The smallest absolute Gasteiger partial charge is 0.280 e. The maximum atomic E-state index is 13.3. The van der Waals surface area contributed by atoms with E-state index in [1.54, 1.807) is 35.3 Å². The van der Waals surface area contributed by atoms with Gasteiger partial charge in [-0.2, -0.15) is 5.10 Å². The summed E-state index contributed by atoms with van der Waals surface area (Å²) in [6.07, 6.45) is 2.89. The monoisotopic (exact) mass is 536 g/mol. The van der Waals surface area contributed by atoms with Crippen LogP contribution in [-0.4, -0.2) is 26.7 Å². The Morgan fingerprint density at radius 3 is 2.59 bits per heavy atom. The van der Waals surface area contributed by atoms with Crippen molar-refractivity contribution in [1.29, 1.82) is 0 Å². The lowest BCUT2D eigenvalue weighted by atomic mass is 10.0. The zero-order chi connectivity index (χ0) is 25.2. The molecule has 37 heavy (non-hydrogen) atoms. The Kier molecular flexibility index (Phi) is 7.90. The van der Waals surface area contributed by atoms with Crippen LogP contribution in [0.2, 0.25) is 5.02 Å². The molecule has 0 saturated carbocycles. The quantitative estimate of drug-likeness (QED) is 0.240. The second-order valence-corrected chi connectivity index (χ2v) is 10.1. The molecule has 0 saturated heterocycles. The van der Waals surface area contributed by atoms with E-state index in [0.29, 0.717) is 15.8 Å². The van der Waals surface area contributed by atoms with E-state index in [9.17, 15) is 9.18 Å². The topological polar surface area (TPSA) is 69.0 Å². The van der Waals surface area contributed by atoms with Crippen molar-refractivity contribution in [3.8, 4) is 11.4 Å². The van der Waals surface area contributed by atoms with Crippen LogP contribution in [0, 0.1) is 12.7 Å². The second-order valence-electron chi connectivity index (χ2n) is 8.39. The van der Waals surface area contributed by atoms with E-state index in [4.69, 9.17) is 16.3 Å². The van der Waals surface area contributed by atoms with Gasteiger partial charge < -0.3 is 10.1 Å². The van der Waals surface area contributed by atoms with Crippen LogP contribution in [0.4, 0.5) is 4.39 Å². The molecular weight excluding hydrogens is 511 g/mol. The zero-order valence-corrected chi connectivity index (χ0v) is 21.1. The molecule has 5 rings (SSSR count). The first-order chi connectivity index (χ1) is 17.4. The Labute approximate surface area is 223 Å². The second kappa shape index (κ2) is 11.1. The highest BCUT2D eigenvalue weighted by Gasteiger charge is 2.25. The predicted molar refractivity (Wildman–Crippen MR) is 146 cm³/mol. The SMILES string of the molecule is C.Cc1cnc(C(=O)N[C@@H](C)[C@H](Oc2ccc3c(cnn3-c3ccc(F)cc3)c2)c2cccc(Cl)c2)s1. The van der Waals surface area contributed by atoms with Gasteiger partial charge in [0.25, 0.3) is 5.91 Å². The number of fused-ring (bicyclic) bond motifs is 1. The lowest BCUT2D eigenvalue weighted by Gasteiger charge is -2.26. The van der Waals surface area contributed by atoms with E-state index in [-0.39, 0.29) is 19.2 Å². The molecule has 2 heterocycles. The number of nitrogens with zero attached hydrogens (tertiary/aromatic N) is 3. The number of carbonyl (C=O) groups is 1. The molecule has 6 nitrogen and oxygen atoms in total. The molecule has 2 aromatic heterocycles. The number of nitrogens with one attached hydrogen (secondary N) is 1. The summed E-state index contributed by atoms with van der Waals surface area (Å²) in [6, 6.07) is 18.8. The van der Waals surface area contributed by atoms with Crippen molar-refractivity contribution in [2.75, 3.05) is 0 Å². The van der Waals surface area contributed by atoms with Gasteiger partial charge in [0.05, 0.1) is 23.4 Å². The summed E-state index contributed by atoms with van der Waals surface area (Å²) in [6.45, 7) is 3.79. The van der Waals surface area contributed by atoms with Gasteiger partial charge in [-0.25, -0.2) is 14.1 Å². The number of halogens is 2. The van der Waals surface area contributed by atoms with Crippen molar-refractivity contribution in [1.82, 2.24) is 20.1 Å². The van der Waals surface area contributed by atoms with Gasteiger partial charge >= 0.3 is 0 Å². The van der Waals surface area contributed by atoms with Crippen LogP contribution in [0.25, 0.3) is 16.6 Å². The zero-order valence-electron chi connectivity index (χ0n) is 19.5. The number of hydrogen-bond acceptors (Lipinski definition) is 5. The van der Waals surface area contributed by atoms with Crippen molar-refractivity contribution in [2.45, 2.75) is 33.4 Å². The molecule has 0 bridgehead atoms. The molecule has 0 aliphatic rings. The molecule has 1 amide bonds. The minimum Gasteiger partial charge on any atom is -0.484 e. The molecule has 1 N–H and O–H groups in total. The third-order valence-electron chi connectivity index (χ3n) is 5.68. The Balaban J connectivity index is 0.00000320. The molecule has 3 aromatic carbocycles. The van der Waals surface area contributed by atoms with E-state index in [1.165, 1.54) is 23.5 Å². The molecule has 190 valence electrons. The van der Waals surface area contributed by atoms with Gasteiger partial charge in [-0.3, -0.25) is 4.79 Å². The molecule has 0 aliphatic heterocycles. The predicted octanol–water partition coefficient (Wildman–Crippen LogP) is 7.16. The van der Waals surface area contributed by atoms with Crippen LogP contribution in [0.15, 0.2) is 79.1 Å². The number of hydrogen-bond donors (Lipinski definition) is 1. The fraction of sp³-hybridized carbons (Fsp3) is 0.179. The normalized spacial score (nSPS) is 12.5. The Bertz CT molecular complexity index is 1530. The Morgan fingerprint density at radius 1 is 1.11 bits per heavy atom. The van der Waals surface area contributed by atoms with Gasteiger partial charge in [-0.15, -0.1) is 11.3 Å². The first-order valence-electron chi connectivity index (χ1n) is 11.3. The van der Waals surface area contributed by atoms with Crippen molar-refractivity contribution in [3.05, 3.63) is 105 Å². The molecule has 2 atom stereocenters. The van der Waals surface area contributed by atoms with Crippen LogP contribution in [-0.2, 0) is 0 Å². The summed E-state index contributed by atoms with van der Waals surface area (Å²) in [5.41, 5.74) is 2.44. The summed E-state index contributed by atoms with van der Waals surface area (Å²) in [5, 5.41) is 9.30. The first-order valence-corrected chi connectivity index (χ1v) is 12.5. The maximum absolute atomic E-state index is 13.3. The number of benzene rings is 3. The summed E-state index contributed by atoms with van der Waals surface area (Å²) in [5.74, 6) is 0.0498. The van der Waals surface area contributed by atoms with E-state index in [0.717, 1.165) is 27.0 Å².